The van der Waals surface area contributed by atoms with E-state index in [-0.39, 0.29) is 0 Å². The zero-order chi connectivity index (χ0) is 4.12. The highest BCUT2D eigenvalue weighted by Gasteiger charge is 1.63. The van der Waals surface area contributed by atoms with Crippen LogP contribution in [0.25, 0.3) is 0 Å². The molecule has 0 atom stereocenters. The molecule has 1 radical (unpaired) electrons. The Hall–Kier alpha value is -0.305. The van der Waals surface area contributed by atoms with Crippen LogP contribution >= 0.6 is 0 Å². The monoisotopic (exact) mass is 70.0 g/mol. The fourth-order valence-electron chi connectivity index (χ4n) is 0.0667. The van der Waals surface area contributed by atoms with E-state index in [2.05, 4.69) is 4.90 Å². The lowest BCUT2D eigenvalue weighted by Gasteiger charge is -1.63. The van der Waals surface area contributed by atoms with Gasteiger partial charge in [-0.15, -0.1) is 0 Å². The van der Waals surface area contributed by atoms with Crippen molar-refractivity contribution in [2.75, 3.05) is 0 Å². The van der Waals surface area contributed by atoms with Gasteiger partial charge in [0.25, 0.3) is 0 Å². The van der Waals surface area contributed by atoms with Gasteiger partial charge in [-0.25, -0.2) is 0 Å². The van der Waals surface area contributed by atoms with Gasteiger partial charge < -0.3 is 9.93 Å². The number of hydrogen-bond acceptors (Lipinski definition) is 2. The smallest absolute Gasteiger partial charge is 0.434 e. The second-order valence-electron chi connectivity index (χ2n) is 0.523. The maximum atomic E-state index is 7.74. The summed E-state index contributed by atoms with van der Waals surface area (Å²) in [5.41, 5.74) is 0. The van der Waals surface area contributed by atoms with Crippen LogP contribution in [0, 0.1) is 0 Å². The molecule has 3 heteroatoms. The summed E-state index contributed by atoms with van der Waals surface area (Å²) >= 11 is 0. The SMILES string of the molecule is CC=N[B]O. The Bertz CT molecular complexity index is 36.6. The Balaban J connectivity index is 2.62. The van der Waals surface area contributed by atoms with E-state index in [4.69, 9.17) is 5.02 Å². The van der Waals surface area contributed by atoms with Crippen molar-refractivity contribution in [2.45, 2.75) is 6.92 Å². The molecule has 0 amide bonds. The van der Waals surface area contributed by atoms with Crippen LogP contribution < -0.4 is 0 Å². The van der Waals surface area contributed by atoms with Crippen LogP contribution in [0.1, 0.15) is 6.92 Å². The van der Waals surface area contributed by atoms with Crippen molar-refractivity contribution < 1.29 is 5.02 Å². The largest absolute Gasteiger partial charge is 0.455 e. The summed E-state index contributed by atoms with van der Waals surface area (Å²) in [6, 6.07) is 0. The van der Waals surface area contributed by atoms with Crippen LogP contribution in [0.2, 0.25) is 0 Å². The van der Waals surface area contributed by atoms with Crippen LogP contribution in [0.3, 0.4) is 0 Å². The average molecular weight is 69.9 g/mol. The Morgan fingerprint density at radius 2 is 2.60 bits per heavy atom. The highest BCUT2D eigenvalue weighted by Crippen LogP contribution is 1.47. The van der Waals surface area contributed by atoms with Gasteiger partial charge >= 0.3 is 7.62 Å². The molecule has 27 valence electrons. The summed E-state index contributed by atoms with van der Waals surface area (Å²) in [6.45, 7) is 1.73. The molecule has 2 nitrogen and oxygen atoms in total. The molecule has 0 aliphatic rings. The third-order valence-corrected chi connectivity index (χ3v) is 0.216. The minimum Gasteiger partial charge on any atom is -0.434 e. The summed E-state index contributed by atoms with van der Waals surface area (Å²) < 4.78 is 0. The van der Waals surface area contributed by atoms with Crippen molar-refractivity contribution in [3.8, 4) is 0 Å². The Morgan fingerprint density at radius 1 is 2.00 bits per heavy atom. The highest BCUT2D eigenvalue weighted by atomic mass is 16.2. The van der Waals surface area contributed by atoms with Crippen molar-refractivity contribution in [2.24, 2.45) is 4.90 Å². The minimum absolute atomic E-state index is 0.750. The van der Waals surface area contributed by atoms with E-state index < -0.39 is 0 Å². The summed E-state index contributed by atoms with van der Waals surface area (Å²) in [4.78, 5) is 3.28. The summed E-state index contributed by atoms with van der Waals surface area (Å²) in [5, 5.41) is 7.74. The van der Waals surface area contributed by atoms with E-state index in [1.165, 1.54) is 6.21 Å². The first-order chi connectivity index (χ1) is 2.41. The minimum atomic E-state index is 0.750. The highest BCUT2D eigenvalue weighted by molar-refractivity contribution is 6.24. The number of rotatable bonds is 1. The first kappa shape index (κ1) is 4.69. The van der Waals surface area contributed by atoms with Gasteiger partial charge in [0.2, 0.25) is 0 Å². The Kier molecular flexibility index (Phi) is 3.47. The fraction of sp³-hybridized carbons (Fsp3) is 0.500. The molecule has 1 N–H and O–H groups in total. The quantitative estimate of drug-likeness (QED) is 0.330. The van der Waals surface area contributed by atoms with Gasteiger partial charge in [-0.2, -0.15) is 0 Å². The molecule has 0 unspecified atom stereocenters. The molecular formula is C2H5BNO. The van der Waals surface area contributed by atoms with E-state index >= 15 is 0 Å². The number of hydrogen-bond donors (Lipinski definition) is 1. The molecule has 0 spiro atoms. The van der Waals surface area contributed by atoms with Gasteiger partial charge in [0, 0.05) is 0 Å². The summed E-state index contributed by atoms with van der Waals surface area (Å²) in [7, 11) is 0.750. The van der Waals surface area contributed by atoms with Crippen molar-refractivity contribution in [1.82, 2.24) is 0 Å². The van der Waals surface area contributed by atoms with Crippen LogP contribution in [-0.4, -0.2) is 18.9 Å². The second kappa shape index (κ2) is 3.69. The Labute approximate surface area is 31.8 Å². The summed E-state index contributed by atoms with van der Waals surface area (Å²) in [6.07, 6.45) is 1.50. The predicted octanol–water partition coefficient (Wildman–Crippen LogP) is -0.396. The maximum Gasteiger partial charge on any atom is 0.455 e. The van der Waals surface area contributed by atoms with Gasteiger partial charge in [-0.1, -0.05) is 0 Å². The zero-order valence-corrected chi connectivity index (χ0v) is 3.05. The molecule has 0 saturated carbocycles. The lowest BCUT2D eigenvalue weighted by molar-refractivity contribution is 0.605. The molecule has 0 aliphatic heterocycles. The van der Waals surface area contributed by atoms with Crippen LogP contribution in [-0.2, 0) is 0 Å². The second-order valence-corrected chi connectivity index (χ2v) is 0.523. The van der Waals surface area contributed by atoms with Gasteiger partial charge in [0.1, 0.15) is 0 Å². The van der Waals surface area contributed by atoms with Crippen molar-refractivity contribution in [1.29, 1.82) is 0 Å². The normalized spacial score (nSPS) is 9.20. The molecule has 0 fully saturated rings. The van der Waals surface area contributed by atoms with E-state index in [1.807, 2.05) is 0 Å². The molecule has 5 heavy (non-hydrogen) atoms. The summed E-state index contributed by atoms with van der Waals surface area (Å²) in [5.74, 6) is 0. The molecule has 0 aromatic carbocycles. The average Bonchev–Trinajstić information content (AvgIpc) is 1.41. The fourth-order valence-corrected chi connectivity index (χ4v) is 0.0667. The molecule has 0 saturated heterocycles. The Morgan fingerprint density at radius 3 is 2.60 bits per heavy atom. The predicted molar refractivity (Wildman–Crippen MR) is 22.1 cm³/mol. The molecule has 0 aliphatic carbocycles. The van der Waals surface area contributed by atoms with Gasteiger partial charge in [0.15, 0.2) is 0 Å². The molecule has 0 aromatic heterocycles. The van der Waals surface area contributed by atoms with E-state index in [0.29, 0.717) is 0 Å². The van der Waals surface area contributed by atoms with E-state index in [1.54, 1.807) is 6.92 Å². The van der Waals surface area contributed by atoms with E-state index in [0.717, 1.165) is 7.62 Å². The first-order valence-electron chi connectivity index (χ1n) is 1.35. The van der Waals surface area contributed by atoms with Crippen LogP contribution in [0.4, 0.5) is 0 Å². The zero-order valence-electron chi connectivity index (χ0n) is 3.05. The third-order valence-electron chi connectivity index (χ3n) is 0.216. The van der Waals surface area contributed by atoms with Gasteiger partial charge in [0.05, 0.1) is 0 Å². The van der Waals surface area contributed by atoms with Crippen molar-refractivity contribution in [3.63, 3.8) is 0 Å². The van der Waals surface area contributed by atoms with Crippen LogP contribution in [0.15, 0.2) is 4.90 Å². The molecule has 0 aromatic rings. The maximum absolute atomic E-state index is 7.74. The van der Waals surface area contributed by atoms with Gasteiger partial charge in [-0.3, -0.25) is 0 Å². The lowest BCUT2D eigenvalue weighted by atomic mass is 10.3. The number of nitrogens with zero attached hydrogens (tertiary/aromatic N) is 1. The first-order valence-corrected chi connectivity index (χ1v) is 1.35. The standard InChI is InChI=1S/C2H5BNO/c1-2-4-3-5/h2,5H,1H3. The van der Waals surface area contributed by atoms with Gasteiger partial charge in [-0.05, 0) is 13.1 Å². The van der Waals surface area contributed by atoms with E-state index in [9.17, 15) is 0 Å². The molecule has 0 heterocycles. The molecule has 0 bridgehead atoms. The van der Waals surface area contributed by atoms with Crippen LogP contribution in [0.5, 0.6) is 0 Å². The molecule has 0 rings (SSSR count). The third kappa shape index (κ3) is 3.69. The topological polar surface area (TPSA) is 32.6 Å². The van der Waals surface area contributed by atoms with Crippen molar-refractivity contribution >= 4 is 13.8 Å². The lowest BCUT2D eigenvalue weighted by Crippen LogP contribution is -1.76. The van der Waals surface area contributed by atoms with Crippen molar-refractivity contribution in [3.05, 3.63) is 0 Å². The molecular weight excluding hydrogens is 64.8 g/mol.